The number of ether oxygens (including phenoxy) is 3. The van der Waals surface area contributed by atoms with Crippen LogP contribution in [0, 0.1) is 0 Å². The summed E-state index contributed by atoms with van der Waals surface area (Å²) in [6, 6.07) is 5.80. The minimum Gasteiger partial charge on any atom is -0.493 e. The van der Waals surface area contributed by atoms with Gasteiger partial charge in [0.15, 0.2) is 11.5 Å². The van der Waals surface area contributed by atoms with Gasteiger partial charge in [-0.25, -0.2) is 0 Å². The smallest absolute Gasteiger partial charge is 0.311 e. The number of carbonyl (C=O) groups is 1. The number of nitrogens with zero attached hydrogens (tertiary/aromatic N) is 1. The van der Waals surface area contributed by atoms with Crippen molar-refractivity contribution in [3.8, 4) is 11.5 Å². The first-order chi connectivity index (χ1) is 10.1. The lowest BCUT2D eigenvalue weighted by Crippen LogP contribution is -2.09. The third kappa shape index (κ3) is 5.85. The summed E-state index contributed by atoms with van der Waals surface area (Å²) in [5, 5.41) is 0. The normalized spacial score (nSPS) is 11.1. The van der Waals surface area contributed by atoms with Crippen LogP contribution in [0.15, 0.2) is 23.2 Å². The number of hydrogen-bond donors (Lipinski definition) is 0. The number of hydrogen-bond acceptors (Lipinski definition) is 5. The first-order valence-corrected chi connectivity index (χ1v) is 6.97. The summed E-state index contributed by atoms with van der Waals surface area (Å²) in [5.74, 6) is 1.19. The maximum atomic E-state index is 11.3. The molecule has 0 aliphatic heterocycles. The van der Waals surface area contributed by atoms with Crippen molar-refractivity contribution in [2.24, 2.45) is 4.99 Å². The fourth-order valence-electron chi connectivity index (χ4n) is 1.89. The lowest BCUT2D eigenvalue weighted by Gasteiger charge is -2.09. The van der Waals surface area contributed by atoms with Crippen LogP contribution < -0.4 is 9.47 Å². The van der Waals surface area contributed by atoms with Crippen LogP contribution in [0.3, 0.4) is 0 Å². The van der Waals surface area contributed by atoms with Gasteiger partial charge in [0, 0.05) is 12.3 Å². The van der Waals surface area contributed by atoms with E-state index >= 15 is 0 Å². The standard InChI is InChI=1S/C16H23NO4/c1-5-21-16(18)10-12(2)17-9-8-13-6-7-14(19-3)15(11-13)20-4/h6-7,11H,5,8-10H2,1-4H3. The molecular weight excluding hydrogens is 270 g/mol. The number of aliphatic imine (C=N–C) groups is 1. The molecule has 116 valence electrons. The fraction of sp³-hybridized carbons (Fsp3) is 0.500. The minimum atomic E-state index is -0.232. The van der Waals surface area contributed by atoms with Gasteiger partial charge >= 0.3 is 5.97 Å². The summed E-state index contributed by atoms with van der Waals surface area (Å²) in [7, 11) is 3.23. The van der Waals surface area contributed by atoms with Crippen molar-refractivity contribution in [3.63, 3.8) is 0 Å². The van der Waals surface area contributed by atoms with Crippen molar-refractivity contribution in [1.82, 2.24) is 0 Å². The first-order valence-electron chi connectivity index (χ1n) is 6.97. The van der Waals surface area contributed by atoms with Crippen molar-refractivity contribution in [3.05, 3.63) is 23.8 Å². The molecule has 21 heavy (non-hydrogen) atoms. The van der Waals surface area contributed by atoms with E-state index in [1.54, 1.807) is 21.1 Å². The van der Waals surface area contributed by atoms with Gasteiger partial charge < -0.3 is 14.2 Å². The van der Waals surface area contributed by atoms with Crippen LogP contribution in [0.1, 0.15) is 25.8 Å². The molecule has 0 spiro atoms. The van der Waals surface area contributed by atoms with Gasteiger partial charge in [-0.1, -0.05) is 6.07 Å². The van der Waals surface area contributed by atoms with Gasteiger partial charge in [0.05, 0.1) is 27.2 Å². The molecular formula is C16H23NO4. The van der Waals surface area contributed by atoms with E-state index in [0.29, 0.717) is 24.7 Å². The van der Waals surface area contributed by atoms with E-state index < -0.39 is 0 Å². The SMILES string of the molecule is CCOC(=O)CC(C)=NCCc1ccc(OC)c(OC)c1. The van der Waals surface area contributed by atoms with E-state index in [2.05, 4.69) is 4.99 Å². The highest BCUT2D eigenvalue weighted by Crippen LogP contribution is 2.27. The summed E-state index contributed by atoms with van der Waals surface area (Å²) in [5.41, 5.74) is 1.90. The number of methoxy groups -OCH3 is 2. The average molecular weight is 293 g/mol. The van der Waals surface area contributed by atoms with Crippen molar-refractivity contribution in [1.29, 1.82) is 0 Å². The molecule has 0 saturated carbocycles. The summed E-state index contributed by atoms with van der Waals surface area (Å²) in [4.78, 5) is 15.7. The Morgan fingerprint density at radius 1 is 1.19 bits per heavy atom. The Labute approximate surface area is 125 Å². The van der Waals surface area contributed by atoms with Gasteiger partial charge in [0.25, 0.3) is 0 Å². The molecule has 0 aromatic heterocycles. The second-order valence-electron chi connectivity index (χ2n) is 4.54. The Bertz CT molecular complexity index is 497. The Morgan fingerprint density at radius 3 is 2.52 bits per heavy atom. The van der Waals surface area contributed by atoms with Gasteiger partial charge in [0.2, 0.25) is 0 Å². The van der Waals surface area contributed by atoms with Gasteiger partial charge in [-0.05, 0) is 38.0 Å². The molecule has 0 bridgehead atoms. The van der Waals surface area contributed by atoms with Crippen molar-refractivity contribution in [2.45, 2.75) is 26.7 Å². The molecule has 1 rings (SSSR count). The van der Waals surface area contributed by atoms with Crippen molar-refractivity contribution >= 4 is 11.7 Å². The predicted octanol–water partition coefficient (Wildman–Crippen LogP) is 2.66. The van der Waals surface area contributed by atoms with E-state index in [1.807, 2.05) is 25.1 Å². The predicted molar refractivity (Wildman–Crippen MR) is 82.5 cm³/mol. The lowest BCUT2D eigenvalue weighted by molar-refractivity contribution is -0.141. The zero-order valence-corrected chi connectivity index (χ0v) is 13.1. The summed E-state index contributed by atoms with van der Waals surface area (Å²) in [6.45, 7) is 4.66. The highest BCUT2D eigenvalue weighted by molar-refractivity contribution is 5.97. The monoisotopic (exact) mass is 293 g/mol. The molecule has 0 unspecified atom stereocenters. The van der Waals surface area contributed by atoms with Gasteiger partial charge in [-0.3, -0.25) is 9.79 Å². The van der Waals surface area contributed by atoms with Crippen molar-refractivity contribution in [2.75, 3.05) is 27.4 Å². The molecule has 0 aliphatic carbocycles. The molecule has 0 saturated heterocycles. The number of benzene rings is 1. The topological polar surface area (TPSA) is 57.1 Å². The molecule has 0 fully saturated rings. The van der Waals surface area contributed by atoms with Crippen LogP contribution in [0.2, 0.25) is 0 Å². The molecule has 0 atom stereocenters. The Morgan fingerprint density at radius 2 is 1.90 bits per heavy atom. The Balaban J connectivity index is 2.53. The van der Waals surface area contributed by atoms with Gasteiger partial charge in [-0.15, -0.1) is 0 Å². The quantitative estimate of drug-likeness (QED) is 0.546. The van der Waals surface area contributed by atoms with E-state index in [9.17, 15) is 4.79 Å². The second-order valence-corrected chi connectivity index (χ2v) is 4.54. The third-order valence-corrected chi connectivity index (χ3v) is 2.94. The fourth-order valence-corrected chi connectivity index (χ4v) is 1.89. The zero-order chi connectivity index (χ0) is 15.7. The van der Waals surface area contributed by atoms with Crippen LogP contribution in [0.5, 0.6) is 11.5 Å². The second kappa shape index (κ2) is 9.00. The number of rotatable bonds is 8. The lowest BCUT2D eigenvalue weighted by atomic mass is 10.1. The number of carbonyl (C=O) groups excluding carboxylic acids is 1. The minimum absolute atomic E-state index is 0.232. The summed E-state index contributed by atoms with van der Waals surface area (Å²) >= 11 is 0. The molecule has 0 aliphatic rings. The van der Waals surface area contributed by atoms with E-state index in [0.717, 1.165) is 17.7 Å². The third-order valence-electron chi connectivity index (χ3n) is 2.94. The molecule has 5 heteroatoms. The molecule has 0 amide bonds. The molecule has 0 N–H and O–H groups in total. The molecule has 5 nitrogen and oxygen atoms in total. The maximum absolute atomic E-state index is 11.3. The van der Waals surface area contributed by atoms with E-state index in [4.69, 9.17) is 14.2 Å². The van der Waals surface area contributed by atoms with E-state index in [1.165, 1.54) is 0 Å². The molecule has 0 radical (unpaired) electrons. The Kier molecular flexibility index (Phi) is 7.29. The van der Waals surface area contributed by atoms with E-state index in [-0.39, 0.29) is 12.4 Å². The zero-order valence-electron chi connectivity index (χ0n) is 13.1. The molecule has 1 aromatic carbocycles. The van der Waals surface area contributed by atoms with Crippen LogP contribution in [-0.4, -0.2) is 39.1 Å². The maximum Gasteiger partial charge on any atom is 0.311 e. The number of esters is 1. The highest BCUT2D eigenvalue weighted by Gasteiger charge is 2.05. The van der Waals surface area contributed by atoms with Crippen LogP contribution in [0.4, 0.5) is 0 Å². The van der Waals surface area contributed by atoms with Crippen LogP contribution in [-0.2, 0) is 16.0 Å². The highest BCUT2D eigenvalue weighted by atomic mass is 16.5. The first kappa shape index (κ1) is 17.0. The summed E-state index contributed by atoms with van der Waals surface area (Å²) < 4.78 is 15.3. The van der Waals surface area contributed by atoms with Crippen molar-refractivity contribution < 1.29 is 19.0 Å². The largest absolute Gasteiger partial charge is 0.493 e. The van der Waals surface area contributed by atoms with Crippen LogP contribution >= 0.6 is 0 Å². The Hall–Kier alpha value is -2.04. The summed E-state index contributed by atoms with van der Waals surface area (Å²) in [6.07, 6.45) is 1.03. The average Bonchev–Trinajstić information content (AvgIpc) is 2.47. The molecule has 1 aromatic rings. The van der Waals surface area contributed by atoms with Gasteiger partial charge in [-0.2, -0.15) is 0 Å². The van der Waals surface area contributed by atoms with Gasteiger partial charge in [0.1, 0.15) is 0 Å². The molecule has 0 heterocycles. The van der Waals surface area contributed by atoms with Crippen LogP contribution in [0.25, 0.3) is 0 Å².